The van der Waals surface area contributed by atoms with Crippen LogP contribution in [-0.4, -0.2) is 15.8 Å². The summed E-state index contributed by atoms with van der Waals surface area (Å²) in [7, 11) is 0. The molecule has 0 spiro atoms. The lowest BCUT2D eigenvalue weighted by Crippen LogP contribution is -2.36. The van der Waals surface area contributed by atoms with Gasteiger partial charge < -0.3 is 5.32 Å². The summed E-state index contributed by atoms with van der Waals surface area (Å²) in [5, 5.41) is 7.77. The predicted octanol–water partition coefficient (Wildman–Crippen LogP) is 3.82. The van der Waals surface area contributed by atoms with E-state index in [2.05, 4.69) is 40.2 Å². The summed E-state index contributed by atoms with van der Waals surface area (Å²) < 4.78 is 2.09. The Hall–Kier alpha value is -0.840. The molecule has 0 radical (unpaired) electrons. The van der Waals surface area contributed by atoms with E-state index >= 15 is 0 Å². The summed E-state index contributed by atoms with van der Waals surface area (Å²) in [4.78, 5) is 12.2. The molecule has 5 heteroatoms. The van der Waals surface area contributed by atoms with Crippen LogP contribution in [-0.2, 0) is 0 Å². The van der Waals surface area contributed by atoms with E-state index in [-0.39, 0.29) is 11.6 Å². The van der Waals surface area contributed by atoms with Crippen LogP contribution in [0, 0.1) is 11.8 Å². The van der Waals surface area contributed by atoms with Crippen LogP contribution in [0.5, 0.6) is 0 Å². The molecule has 2 rings (SSSR count). The summed E-state index contributed by atoms with van der Waals surface area (Å²) in [5.41, 5.74) is 0.749. The minimum Gasteiger partial charge on any atom is -0.380 e. The van der Waals surface area contributed by atoms with Gasteiger partial charge in [0.2, 0.25) is 0 Å². The van der Waals surface area contributed by atoms with Gasteiger partial charge in [-0.3, -0.25) is 4.79 Å². The first-order valence-electron chi connectivity index (χ1n) is 7.45. The Morgan fingerprint density at radius 2 is 2.10 bits per heavy atom. The highest BCUT2D eigenvalue weighted by molar-refractivity contribution is 9.10. The summed E-state index contributed by atoms with van der Waals surface area (Å²) in [6.07, 6.45) is 5.47. The fourth-order valence-electron chi connectivity index (χ4n) is 2.90. The van der Waals surface area contributed by atoms with E-state index in [9.17, 15) is 4.79 Å². The van der Waals surface area contributed by atoms with Crippen molar-refractivity contribution in [3.8, 4) is 0 Å². The highest BCUT2D eigenvalue weighted by atomic mass is 79.9. The van der Waals surface area contributed by atoms with Crippen molar-refractivity contribution in [3.63, 3.8) is 0 Å². The molecular formula is C15H24BrN3O. The quantitative estimate of drug-likeness (QED) is 0.908. The van der Waals surface area contributed by atoms with Crippen LogP contribution in [0.1, 0.15) is 53.0 Å². The second kappa shape index (κ2) is 6.29. The highest BCUT2D eigenvalue weighted by Crippen LogP contribution is 2.32. The fourth-order valence-corrected chi connectivity index (χ4v) is 3.30. The van der Waals surface area contributed by atoms with Crippen LogP contribution in [0.25, 0.3) is 0 Å². The lowest BCUT2D eigenvalue weighted by Gasteiger charge is -2.35. The van der Waals surface area contributed by atoms with Crippen molar-refractivity contribution < 1.29 is 0 Å². The van der Waals surface area contributed by atoms with E-state index in [1.54, 1.807) is 6.20 Å². The van der Waals surface area contributed by atoms with E-state index in [1.807, 2.05) is 13.8 Å². The smallest absolute Gasteiger partial charge is 0.283 e. The molecule has 1 N–H and O–H groups in total. The van der Waals surface area contributed by atoms with Crippen LogP contribution in [0.3, 0.4) is 0 Å². The van der Waals surface area contributed by atoms with Gasteiger partial charge in [0.25, 0.3) is 5.56 Å². The number of rotatable bonds is 3. The molecule has 112 valence electrons. The zero-order valence-corrected chi connectivity index (χ0v) is 14.3. The number of nitrogens with zero attached hydrogens (tertiary/aromatic N) is 2. The largest absolute Gasteiger partial charge is 0.380 e. The second-order valence-corrected chi connectivity index (χ2v) is 7.03. The Bertz CT molecular complexity index is 526. The number of hydrogen-bond donors (Lipinski definition) is 1. The molecule has 0 aliphatic heterocycles. The van der Waals surface area contributed by atoms with Crippen LogP contribution in [0.15, 0.2) is 15.5 Å². The van der Waals surface area contributed by atoms with Crippen molar-refractivity contribution in [3.05, 3.63) is 21.0 Å². The predicted molar refractivity (Wildman–Crippen MR) is 86.2 cm³/mol. The zero-order chi connectivity index (χ0) is 14.9. The molecule has 0 aromatic carbocycles. The van der Waals surface area contributed by atoms with Crippen molar-refractivity contribution >= 4 is 21.6 Å². The molecular weight excluding hydrogens is 318 g/mol. The Balaban J connectivity index is 2.22. The maximum Gasteiger partial charge on any atom is 0.283 e. The van der Waals surface area contributed by atoms with Gasteiger partial charge in [-0.05, 0) is 48.0 Å². The van der Waals surface area contributed by atoms with Crippen LogP contribution in [0.4, 0.5) is 5.69 Å². The van der Waals surface area contributed by atoms with Gasteiger partial charge in [-0.15, -0.1) is 0 Å². The van der Waals surface area contributed by atoms with Crippen LogP contribution in [0.2, 0.25) is 0 Å². The van der Waals surface area contributed by atoms with Gasteiger partial charge in [-0.25, -0.2) is 4.68 Å². The lowest BCUT2D eigenvalue weighted by atomic mass is 9.78. The molecule has 3 unspecified atom stereocenters. The maximum absolute atomic E-state index is 12.2. The number of nitrogens with one attached hydrogen (secondary N) is 1. The SMILES string of the molecule is CC1CCCC(Nc2cnn(C(C)C)c(=O)c2Br)C1C. The highest BCUT2D eigenvalue weighted by Gasteiger charge is 2.27. The van der Waals surface area contributed by atoms with E-state index in [0.717, 1.165) is 18.0 Å². The molecule has 0 amide bonds. The number of hydrogen-bond acceptors (Lipinski definition) is 3. The average Bonchev–Trinajstić information content (AvgIpc) is 2.40. The van der Waals surface area contributed by atoms with Crippen molar-refractivity contribution in [2.24, 2.45) is 11.8 Å². The lowest BCUT2D eigenvalue weighted by molar-refractivity contribution is 0.253. The zero-order valence-electron chi connectivity index (χ0n) is 12.7. The minimum atomic E-state index is -0.0680. The van der Waals surface area contributed by atoms with Gasteiger partial charge in [-0.2, -0.15) is 5.10 Å². The van der Waals surface area contributed by atoms with E-state index < -0.39 is 0 Å². The van der Waals surface area contributed by atoms with E-state index in [4.69, 9.17) is 0 Å². The first-order valence-corrected chi connectivity index (χ1v) is 8.25. The molecule has 3 atom stereocenters. The molecule has 1 aliphatic rings. The number of anilines is 1. The van der Waals surface area contributed by atoms with Gasteiger partial charge in [0.1, 0.15) is 4.47 Å². The first kappa shape index (κ1) is 15.5. The topological polar surface area (TPSA) is 46.9 Å². The third kappa shape index (κ3) is 3.08. The molecule has 1 saturated carbocycles. The standard InChI is InChI=1S/C15H24BrN3O/c1-9(2)19-15(20)14(16)13(8-17-19)18-12-7-5-6-10(3)11(12)4/h8-12,18H,5-7H2,1-4H3. The van der Waals surface area contributed by atoms with Crippen LogP contribution < -0.4 is 10.9 Å². The van der Waals surface area contributed by atoms with Crippen LogP contribution >= 0.6 is 15.9 Å². The maximum atomic E-state index is 12.2. The van der Waals surface area contributed by atoms with Crippen molar-refractivity contribution in [1.29, 1.82) is 0 Å². The summed E-state index contributed by atoms with van der Waals surface area (Å²) >= 11 is 3.43. The van der Waals surface area contributed by atoms with E-state index in [1.165, 1.54) is 17.5 Å². The second-order valence-electron chi connectivity index (χ2n) is 6.23. The monoisotopic (exact) mass is 341 g/mol. The van der Waals surface area contributed by atoms with Gasteiger partial charge in [-0.1, -0.05) is 26.7 Å². The molecule has 1 fully saturated rings. The number of halogens is 1. The van der Waals surface area contributed by atoms with Gasteiger partial charge >= 0.3 is 0 Å². The molecule has 20 heavy (non-hydrogen) atoms. The van der Waals surface area contributed by atoms with Crippen molar-refractivity contribution in [1.82, 2.24) is 9.78 Å². The first-order chi connectivity index (χ1) is 9.41. The van der Waals surface area contributed by atoms with Gasteiger partial charge in [0.05, 0.1) is 17.9 Å². The summed E-state index contributed by atoms with van der Waals surface area (Å²) in [6.45, 7) is 8.51. The normalized spacial score (nSPS) is 26.8. The molecule has 1 aromatic rings. The fraction of sp³-hybridized carbons (Fsp3) is 0.733. The Morgan fingerprint density at radius 3 is 2.75 bits per heavy atom. The third-order valence-electron chi connectivity index (χ3n) is 4.48. The number of aromatic nitrogens is 2. The molecule has 1 aromatic heterocycles. The van der Waals surface area contributed by atoms with Gasteiger partial charge in [0.15, 0.2) is 0 Å². The van der Waals surface area contributed by atoms with Crippen molar-refractivity contribution in [2.75, 3.05) is 5.32 Å². The van der Waals surface area contributed by atoms with E-state index in [0.29, 0.717) is 16.4 Å². The third-order valence-corrected chi connectivity index (χ3v) is 5.25. The molecule has 0 bridgehead atoms. The molecule has 1 heterocycles. The molecule has 4 nitrogen and oxygen atoms in total. The van der Waals surface area contributed by atoms with Gasteiger partial charge in [0, 0.05) is 6.04 Å². The average molecular weight is 342 g/mol. The Morgan fingerprint density at radius 1 is 1.40 bits per heavy atom. The molecule has 0 saturated heterocycles. The minimum absolute atomic E-state index is 0.0680. The molecule has 1 aliphatic carbocycles. The van der Waals surface area contributed by atoms with Crippen molar-refractivity contribution in [2.45, 2.75) is 59.0 Å². The summed E-state index contributed by atoms with van der Waals surface area (Å²) in [6, 6.07) is 0.493. The summed E-state index contributed by atoms with van der Waals surface area (Å²) in [5.74, 6) is 1.34. The Kier molecular flexibility index (Phi) is 4.89. The Labute approximate surface area is 129 Å².